The highest BCUT2D eigenvalue weighted by atomic mass is 79.9. The summed E-state index contributed by atoms with van der Waals surface area (Å²) in [5.74, 6) is 0.384. The number of rotatable bonds is 5. The number of nitrogens with zero attached hydrogens (tertiary/aromatic N) is 2. The van der Waals surface area contributed by atoms with Crippen molar-refractivity contribution in [2.75, 3.05) is 7.11 Å². The number of aromatic amines is 1. The van der Waals surface area contributed by atoms with Gasteiger partial charge in [-0.2, -0.15) is 10.2 Å². The molecule has 128 valence electrons. The molecule has 0 fully saturated rings. The number of aromatic hydroxyl groups is 1. The number of methoxy groups -OCH3 is 1. The van der Waals surface area contributed by atoms with E-state index in [1.807, 2.05) is 0 Å². The number of hydrogen-bond donors (Lipinski definition) is 3. The Balaban J connectivity index is 1.68. The molecule has 0 aliphatic heterocycles. The Morgan fingerprint density at radius 1 is 1.48 bits per heavy atom. The highest BCUT2D eigenvalue weighted by Gasteiger charge is 2.12. The number of amides is 1. The molecule has 1 amide bonds. The van der Waals surface area contributed by atoms with Gasteiger partial charge < -0.3 is 14.3 Å². The van der Waals surface area contributed by atoms with Gasteiger partial charge in [0.25, 0.3) is 5.91 Å². The van der Waals surface area contributed by atoms with Crippen molar-refractivity contribution in [1.29, 1.82) is 0 Å². The van der Waals surface area contributed by atoms with E-state index in [2.05, 4.69) is 36.7 Å². The van der Waals surface area contributed by atoms with Crippen molar-refractivity contribution in [2.45, 2.75) is 0 Å². The summed E-state index contributed by atoms with van der Waals surface area (Å²) in [5, 5.41) is 20.3. The van der Waals surface area contributed by atoms with Crippen molar-refractivity contribution >= 4 is 28.1 Å². The molecule has 2 heterocycles. The first kappa shape index (κ1) is 16.8. The molecule has 0 aliphatic carbocycles. The van der Waals surface area contributed by atoms with Crippen LogP contribution in [0, 0.1) is 0 Å². The third-order valence-electron chi connectivity index (χ3n) is 3.25. The van der Waals surface area contributed by atoms with Crippen molar-refractivity contribution < 1.29 is 19.1 Å². The van der Waals surface area contributed by atoms with Crippen molar-refractivity contribution in [1.82, 2.24) is 15.6 Å². The van der Waals surface area contributed by atoms with Gasteiger partial charge in [-0.05, 0) is 45.8 Å². The zero-order chi connectivity index (χ0) is 17.8. The molecule has 3 N–H and O–H groups in total. The molecule has 0 radical (unpaired) electrons. The normalized spacial score (nSPS) is 11.0. The van der Waals surface area contributed by atoms with Crippen LogP contribution in [0.2, 0.25) is 0 Å². The Hall–Kier alpha value is -3.07. The number of hydrazone groups is 1. The van der Waals surface area contributed by atoms with Crippen LogP contribution in [0.5, 0.6) is 11.5 Å². The summed E-state index contributed by atoms with van der Waals surface area (Å²) < 4.78 is 10.7. The fourth-order valence-corrected chi connectivity index (χ4v) is 2.50. The molecule has 0 spiro atoms. The number of hydrogen-bond acceptors (Lipinski definition) is 6. The summed E-state index contributed by atoms with van der Waals surface area (Å²) in [6.45, 7) is 0. The second kappa shape index (κ2) is 7.22. The zero-order valence-corrected chi connectivity index (χ0v) is 14.6. The molecule has 1 aromatic carbocycles. The number of nitrogens with one attached hydrogen (secondary N) is 2. The number of carbonyl (C=O) groups excluding carboxylic acids is 1. The van der Waals surface area contributed by atoms with E-state index in [0.717, 1.165) is 0 Å². The summed E-state index contributed by atoms with van der Waals surface area (Å²) in [5.41, 5.74) is 3.76. The first-order valence-corrected chi connectivity index (χ1v) is 7.87. The van der Waals surface area contributed by atoms with Gasteiger partial charge in [-0.25, -0.2) is 5.43 Å². The van der Waals surface area contributed by atoms with Crippen LogP contribution >= 0.6 is 15.9 Å². The van der Waals surface area contributed by atoms with Gasteiger partial charge in [-0.3, -0.25) is 9.89 Å². The maximum Gasteiger partial charge on any atom is 0.291 e. The predicted molar refractivity (Wildman–Crippen MR) is 93.7 cm³/mol. The molecule has 3 aromatic rings. The molecule has 0 unspecified atom stereocenters. The van der Waals surface area contributed by atoms with E-state index in [1.54, 1.807) is 30.3 Å². The van der Waals surface area contributed by atoms with E-state index in [-0.39, 0.29) is 17.2 Å². The van der Waals surface area contributed by atoms with Crippen molar-refractivity contribution in [3.05, 3.63) is 52.3 Å². The number of H-pyrrole nitrogens is 1. The number of phenols is 1. The maximum atomic E-state index is 12.1. The van der Waals surface area contributed by atoms with E-state index in [4.69, 9.17) is 9.15 Å². The Bertz CT molecular complexity index is 918. The first-order valence-electron chi connectivity index (χ1n) is 7.07. The molecule has 0 saturated carbocycles. The topological polar surface area (TPSA) is 113 Å². The SMILES string of the molecule is COc1cc(C=NNC(=O)c2cc(-c3ccco3)[nH]n2)cc(Br)c1O. The first-order chi connectivity index (χ1) is 12.1. The molecule has 8 nitrogen and oxygen atoms in total. The smallest absolute Gasteiger partial charge is 0.291 e. The van der Waals surface area contributed by atoms with Crippen molar-refractivity contribution in [3.8, 4) is 23.0 Å². The van der Waals surface area contributed by atoms with Gasteiger partial charge >= 0.3 is 0 Å². The number of ether oxygens (including phenoxy) is 1. The number of benzene rings is 1. The fourth-order valence-electron chi connectivity index (χ4n) is 2.04. The van der Waals surface area contributed by atoms with Crippen LogP contribution in [0.15, 0.2) is 50.6 Å². The number of furan rings is 1. The van der Waals surface area contributed by atoms with Crippen LogP contribution in [0.1, 0.15) is 16.1 Å². The third kappa shape index (κ3) is 3.72. The van der Waals surface area contributed by atoms with Crippen molar-refractivity contribution in [3.63, 3.8) is 0 Å². The van der Waals surface area contributed by atoms with Crippen LogP contribution in [0.3, 0.4) is 0 Å². The Morgan fingerprint density at radius 3 is 3.04 bits per heavy atom. The summed E-state index contributed by atoms with van der Waals surface area (Å²) in [6.07, 6.45) is 2.95. The van der Waals surface area contributed by atoms with Crippen molar-refractivity contribution in [2.24, 2.45) is 5.10 Å². The quantitative estimate of drug-likeness (QED) is 0.446. The summed E-state index contributed by atoms with van der Waals surface area (Å²) in [6, 6.07) is 8.27. The Labute approximate surface area is 150 Å². The van der Waals surface area contributed by atoms with Gasteiger partial charge in [0, 0.05) is 6.07 Å². The summed E-state index contributed by atoms with van der Waals surface area (Å²) in [7, 11) is 1.44. The monoisotopic (exact) mass is 404 g/mol. The lowest BCUT2D eigenvalue weighted by atomic mass is 10.2. The minimum absolute atomic E-state index is 0.00864. The lowest BCUT2D eigenvalue weighted by molar-refractivity contribution is 0.0950. The molecule has 0 saturated heterocycles. The van der Waals surface area contributed by atoms with Crippen LogP contribution in [0.25, 0.3) is 11.5 Å². The third-order valence-corrected chi connectivity index (χ3v) is 3.85. The van der Waals surface area contributed by atoms with Gasteiger partial charge in [0.1, 0.15) is 5.69 Å². The van der Waals surface area contributed by atoms with Gasteiger partial charge in [0.05, 0.1) is 24.1 Å². The molecule has 9 heteroatoms. The second-order valence-corrected chi connectivity index (χ2v) is 5.75. The highest BCUT2D eigenvalue weighted by Crippen LogP contribution is 2.34. The minimum atomic E-state index is -0.477. The number of aromatic nitrogens is 2. The average molecular weight is 405 g/mol. The lowest BCUT2D eigenvalue weighted by Gasteiger charge is -2.06. The van der Waals surface area contributed by atoms with Gasteiger partial charge in [-0.15, -0.1) is 0 Å². The molecular weight excluding hydrogens is 392 g/mol. The van der Waals surface area contributed by atoms with Crippen LogP contribution in [0.4, 0.5) is 0 Å². The van der Waals surface area contributed by atoms with Crippen LogP contribution in [-0.4, -0.2) is 34.5 Å². The van der Waals surface area contributed by atoms with Gasteiger partial charge in [0.2, 0.25) is 0 Å². The van der Waals surface area contributed by atoms with E-state index in [9.17, 15) is 9.90 Å². The molecular formula is C16H13BrN4O4. The van der Waals surface area contributed by atoms with Gasteiger partial charge in [-0.1, -0.05) is 0 Å². The average Bonchev–Trinajstić information content (AvgIpc) is 3.28. The highest BCUT2D eigenvalue weighted by molar-refractivity contribution is 9.10. The Morgan fingerprint density at radius 2 is 2.32 bits per heavy atom. The molecule has 2 aromatic heterocycles. The molecule has 0 aliphatic rings. The second-order valence-electron chi connectivity index (χ2n) is 4.90. The van der Waals surface area contributed by atoms with E-state index < -0.39 is 5.91 Å². The van der Waals surface area contributed by atoms with E-state index in [1.165, 1.54) is 19.6 Å². The minimum Gasteiger partial charge on any atom is -0.503 e. The maximum absolute atomic E-state index is 12.1. The standard InChI is InChI=1S/C16H13BrN4O4/c1-24-14-6-9(5-10(17)15(14)22)8-18-21-16(23)12-7-11(19-20-12)13-3-2-4-25-13/h2-8,22H,1H3,(H,19,20)(H,21,23). The predicted octanol–water partition coefficient (Wildman–Crippen LogP) is 2.91. The summed E-state index contributed by atoms with van der Waals surface area (Å²) >= 11 is 3.21. The number of carbonyl (C=O) groups is 1. The Kier molecular flexibility index (Phi) is 4.85. The fraction of sp³-hybridized carbons (Fsp3) is 0.0625. The number of phenolic OH excluding ortho intramolecular Hbond substituents is 1. The largest absolute Gasteiger partial charge is 0.503 e. The van der Waals surface area contributed by atoms with Crippen LogP contribution in [-0.2, 0) is 0 Å². The number of halogens is 1. The van der Waals surface area contributed by atoms with E-state index >= 15 is 0 Å². The molecule has 25 heavy (non-hydrogen) atoms. The van der Waals surface area contributed by atoms with Gasteiger partial charge in [0.15, 0.2) is 23.0 Å². The summed E-state index contributed by atoms with van der Waals surface area (Å²) in [4.78, 5) is 12.1. The lowest BCUT2D eigenvalue weighted by Crippen LogP contribution is -2.18. The molecule has 0 bridgehead atoms. The van der Waals surface area contributed by atoms with E-state index in [0.29, 0.717) is 21.5 Å². The zero-order valence-electron chi connectivity index (χ0n) is 13.0. The van der Waals surface area contributed by atoms with Crippen LogP contribution < -0.4 is 10.2 Å². The molecule has 0 atom stereocenters. The molecule has 3 rings (SSSR count).